The van der Waals surface area contributed by atoms with Crippen molar-refractivity contribution in [1.29, 1.82) is 0 Å². The molecule has 0 aliphatic carbocycles. The third-order valence-electron chi connectivity index (χ3n) is 2.99. The van der Waals surface area contributed by atoms with Crippen LogP contribution in [0.4, 0.5) is 5.69 Å². The van der Waals surface area contributed by atoms with Crippen LogP contribution in [0.3, 0.4) is 0 Å². The summed E-state index contributed by atoms with van der Waals surface area (Å²) in [5, 5.41) is 12.1. The minimum absolute atomic E-state index is 0.0463. The Morgan fingerprint density at radius 2 is 2.11 bits per heavy atom. The number of para-hydroxylation sites is 1. The van der Waals surface area contributed by atoms with Crippen molar-refractivity contribution in [3.05, 3.63) is 47.7 Å². The van der Waals surface area contributed by atoms with E-state index < -0.39 is 5.97 Å². The molecule has 4 nitrogen and oxygen atoms in total. The van der Waals surface area contributed by atoms with Crippen molar-refractivity contribution in [3.8, 4) is 0 Å². The minimum atomic E-state index is -0.832. The molecule has 1 atom stereocenters. The summed E-state index contributed by atoms with van der Waals surface area (Å²) in [6.07, 6.45) is 5.79. The van der Waals surface area contributed by atoms with Crippen LogP contribution in [-0.4, -0.2) is 17.6 Å². The van der Waals surface area contributed by atoms with E-state index in [0.29, 0.717) is 6.54 Å². The minimum Gasteiger partial charge on any atom is -0.481 e. The van der Waals surface area contributed by atoms with Crippen molar-refractivity contribution in [2.45, 2.75) is 6.42 Å². The molecule has 0 saturated heterocycles. The predicted octanol–water partition coefficient (Wildman–Crippen LogP) is 2.06. The molecule has 94 valence electrons. The molecule has 1 aliphatic heterocycles. The molecule has 0 radical (unpaired) electrons. The molecule has 1 aromatic rings. The van der Waals surface area contributed by atoms with Gasteiger partial charge in [-0.25, -0.2) is 0 Å². The summed E-state index contributed by atoms with van der Waals surface area (Å²) >= 11 is 0. The molecule has 0 saturated carbocycles. The first-order valence-electron chi connectivity index (χ1n) is 5.86. The molecule has 1 heterocycles. The Bertz CT molecular complexity index is 506. The third kappa shape index (κ3) is 2.78. The highest BCUT2D eigenvalue weighted by molar-refractivity contribution is 5.72. The lowest BCUT2D eigenvalue weighted by atomic mass is 9.96. The van der Waals surface area contributed by atoms with Crippen molar-refractivity contribution in [3.63, 3.8) is 0 Å². The number of anilines is 1. The van der Waals surface area contributed by atoms with Crippen LogP contribution in [0.2, 0.25) is 0 Å². The van der Waals surface area contributed by atoms with Gasteiger partial charge in [-0.2, -0.15) is 0 Å². The zero-order valence-corrected chi connectivity index (χ0v) is 9.97. The molecular formula is C14H16N2O2. The van der Waals surface area contributed by atoms with Crippen LogP contribution in [0.25, 0.3) is 6.08 Å². The number of carboxylic acid groups (broad SMARTS) is 1. The summed E-state index contributed by atoms with van der Waals surface area (Å²) in [4.78, 5) is 10.8. The van der Waals surface area contributed by atoms with Gasteiger partial charge in [-0.15, -0.1) is 0 Å². The van der Waals surface area contributed by atoms with E-state index in [1.165, 1.54) is 0 Å². The lowest BCUT2D eigenvalue weighted by Crippen LogP contribution is -2.19. The van der Waals surface area contributed by atoms with Crippen molar-refractivity contribution in [2.75, 3.05) is 11.9 Å². The van der Waals surface area contributed by atoms with Gasteiger partial charge in [-0.3, -0.25) is 4.79 Å². The second-order valence-corrected chi connectivity index (χ2v) is 4.24. The molecule has 1 aromatic carbocycles. The largest absolute Gasteiger partial charge is 0.481 e. The smallest absolute Gasteiger partial charge is 0.304 e. The van der Waals surface area contributed by atoms with E-state index in [4.69, 9.17) is 10.8 Å². The number of hydrogen-bond acceptors (Lipinski definition) is 3. The number of hydrogen-bond donors (Lipinski definition) is 3. The standard InChI is InChI=1S/C14H16N2O2/c15-8-12(7-14(17)18)11-6-5-10-3-1-2-4-13(10)16-9-11/h1-6,9,12,16H,7-8,15H2,(H,17,18). The highest BCUT2D eigenvalue weighted by Gasteiger charge is 2.16. The fourth-order valence-electron chi connectivity index (χ4n) is 1.97. The molecule has 1 aliphatic rings. The quantitative estimate of drug-likeness (QED) is 0.757. The van der Waals surface area contributed by atoms with Gasteiger partial charge in [0.25, 0.3) is 0 Å². The Morgan fingerprint density at radius 3 is 2.83 bits per heavy atom. The Kier molecular flexibility index (Phi) is 3.79. The van der Waals surface area contributed by atoms with E-state index in [-0.39, 0.29) is 12.3 Å². The van der Waals surface area contributed by atoms with Crippen LogP contribution < -0.4 is 11.1 Å². The van der Waals surface area contributed by atoms with Gasteiger partial charge in [0.15, 0.2) is 0 Å². The molecule has 0 spiro atoms. The number of aliphatic carboxylic acids is 1. The van der Waals surface area contributed by atoms with E-state index >= 15 is 0 Å². The second kappa shape index (κ2) is 5.51. The highest BCUT2D eigenvalue weighted by Crippen LogP contribution is 2.24. The lowest BCUT2D eigenvalue weighted by Gasteiger charge is -2.13. The number of allylic oxidation sites excluding steroid dienone is 1. The number of rotatable bonds is 4. The van der Waals surface area contributed by atoms with Gasteiger partial charge in [-0.1, -0.05) is 30.4 Å². The zero-order valence-electron chi connectivity index (χ0n) is 9.97. The van der Waals surface area contributed by atoms with Gasteiger partial charge in [-0.05, 0) is 23.7 Å². The maximum Gasteiger partial charge on any atom is 0.304 e. The summed E-state index contributed by atoms with van der Waals surface area (Å²) in [5.74, 6) is -0.998. The van der Waals surface area contributed by atoms with Crippen LogP contribution in [0.1, 0.15) is 12.0 Å². The van der Waals surface area contributed by atoms with Crippen LogP contribution >= 0.6 is 0 Å². The van der Waals surface area contributed by atoms with Crippen molar-refractivity contribution in [2.24, 2.45) is 11.7 Å². The molecule has 4 N–H and O–H groups in total. The SMILES string of the molecule is NCC(CC(=O)O)C1=CNc2ccccc2C=C1. The van der Waals surface area contributed by atoms with Crippen LogP contribution in [-0.2, 0) is 4.79 Å². The summed E-state index contributed by atoms with van der Waals surface area (Å²) < 4.78 is 0. The van der Waals surface area contributed by atoms with Gasteiger partial charge >= 0.3 is 5.97 Å². The lowest BCUT2D eigenvalue weighted by molar-refractivity contribution is -0.137. The van der Waals surface area contributed by atoms with E-state index in [2.05, 4.69) is 5.32 Å². The molecular weight excluding hydrogens is 228 g/mol. The van der Waals surface area contributed by atoms with Crippen molar-refractivity contribution in [1.82, 2.24) is 0 Å². The van der Waals surface area contributed by atoms with Crippen molar-refractivity contribution < 1.29 is 9.90 Å². The Morgan fingerprint density at radius 1 is 1.33 bits per heavy atom. The summed E-state index contributed by atoms with van der Waals surface area (Å²) in [6.45, 7) is 0.320. The Hall–Kier alpha value is -2.07. The first kappa shape index (κ1) is 12.4. The average molecular weight is 244 g/mol. The predicted molar refractivity (Wildman–Crippen MR) is 72.0 cm³/mol. The number of benzene rings is 1. The normalized spacial score (nSPS) is 15.1. The number of nitrogens with two attached hydrogens (primary N) is 1. The molecule has 0 amide bonds. The van der Waals surface area contributed by atoms with Gasteiger partial charge in [0.2, 0.25) is 0 Å². The Labute approximate surface area is 106 Å². The van der Waals surface area contributed by atoms with Crippen LogP contribution in [0, 0.1) is 5.92 Å². The molecule has 0 fully saturated rings. The zero-order chi connectivity index (χ0) is 13.0. The number of fused-ring (bicyclic) bond motifs is 1. The van der Waals surface area contributed by atoms with E-state index in [1.807, 2.05) is 42.6 Å². The maximum absolute atomic E-state index is 10.8. The summed E-state index contributed by atoms with van der Waals surface area (Å²) in [7, 11) is 0. The monoisotopic (exact) mass is 244 g/mol. The molecule has 18 heavy (non-hydrogen) atoms. The molecule has 2 rings (SSSR count). The Balaban J connectivity index is 2.22. The first-order chi connectivity index (χ1) is 8.70. The third-order valence-corrected chi connectivity index (χ3v) is 2.99. The maximum atomic E-state index is 10.8. The molecule has 0 bridgehead atoms. The number of carboxylic acids is 1. The summed E-state index contributed by atoms with van der Waals surface area (Å²) in [6, 6.07) is 7.90. The van der Waals surface area contributed by atoms with Gasteiger partial charge in [0.1, 0.15) is 0 Å². The van der Waals surface area contributed by atoms with Crippen LogP contribution in [0.15, 0.2) is 42.1 Å². The van der Waals surface area contributed by atoms with Gasteiger partial charge < -0.3 is 16.2 Å². The van der Waals surface area contributed by atoms with Gasteiger partial charge in [0.05, 0.1) is 6.42 Å². The number of nitrogens with one attached hydrogen (secondary N) is 1. The fourth-order valence-corrected chi connectivity index (χ4v) is 1.97. The van der Waals surface area contributed by atoms with Gasteiger partial charge in [0, 0.05) is 17.8 Å². The highest BCUT2D eigenvalue weighted by atomic mass is 16.4. The second-order valence-electron chi connectivity index (χ2n) is 4.24. The van der Waals surface area contributed by atoms with E-state index in [0.717, 1.165) is 16.8 Å². The van der Waals surface area contributed by atoms with Crippen LogP contribution in [0.5, 0.6) is 0 Å². The average Bonchev–Trinajstić information content (AvgIpc) is 2.58. The topological polar surface area (TPSA) is 75.4 Å². The van der Waals surface area contributed by atoms with Crippen molar-refractivity contribution >= 4 is 17.7 Å². The molecule has 1 unspecified atom stereocenters. The van der Waals surface area contributed by atoms with E-state index in [9.17, 15) is 4.79 Å². The van der Waals surface area contributed by atoms with E-state index in [1.54, 1.807) is 0 Å². The molecule has 0 aromatic heterocycles. The fraction of sp³-hybridized carbons (Fsp3) is 0.214. The molecule has 4 heteroatoms. The number of carbonyl (C=O) groups is 1. The first-order valence-corrected chi connectivity index (χ1v) is 5.86. The summed E-state index contributed by atoms with van der Waals surface area (Å²) in [5.41, 5.74) is 8.64.